The molecular formula is C19H20N4O2S. The average molecular weight is 368 g/mol. The van der Waals surface area contributed by atoms with Crippen LogP contribution in [0.15, 0.2) is 47.6 Å². The maximum atomic E-state index is 6.06. The van der Waals surface area contributed by atoms with E-state index < -0.39 is 0 Å². The van der Waals surface area contributed by atoms with Crippen molar-refractivity contribution in [1.82, 2.24) is 14.9 Å². The third-order valence-electron chi connectivity index (χ3n) is 3.82. The highest BCUT2D eigenvalue weighted by Crippen LogP contribution is 2.31. The van der Waals surface area contributed by atoms with Gasteiger partial charge in [0.2, 0.25) is 4.77 Å². The molecule has 0 fully saturated rings. The summed E-state index contributed by atoms with van der Waals surface area (Å²) in [4.78, 5) is 0. The number of ether oxygens (including phenoxy) is 2. The van der Waals surface area contributed by atoms with Crippen LogP contribution in [-0.4, -0.2) is 28.2 Å². The maximum Gasteiger partial charge on any atom is 0.216 e. The molecule has 1 N–H and O–H groups in total. The van der Waals surface area contributed by atoms with Crippen molar-refractivity contribution in [3.63, 3.8) is 0 Å². The van der Waals surface area contributed by atoms with E-state index in [-0.39, 0.29) is 0 Å². The molecule has 0 spiro atoms. The Bertz CT molecular complexity index is 991. The van der Waals surface area contributed by atoms with Crippen molar-refractivity contribution in [2.45, 2.75) is 20.5 Å². The van der Waals surface area contributed by atoms with E-state index in [1.165, 1.54) is 5.56 Å². The number of hydrogen-bond acceptors (Lipinski definition) is 5. The summed E-state index contributed by atoms with van der Waals surface area (Å²) < 4.78 is 13.5. The molecule has 0 aliphatic rings. The molecule has 0 saturated heterocycles. The molecule has 0 radical (unpaired) electrons. The average Bonchev–Trinajstić information content (AvgIpc) is 2.96. The molecule has 0 aliphatic heterocycles. The minimum Gasteiger partial charge on any atom is -0.493 e. The van der Waals surface area contributed by atoms with Crippen molar-refractivity contribution in [2.24, 2.45) is 5.10 Å². The van der Waals surface area contributed by atoms with Gasteiger partial charge in [-0.25, -0.2) is 0 Å². The lowest BCUT2D eigenvalue weighted by molar-refractivity contribution is 0.284. The predicted octanol–water partition coefficient (Wildman–Crippen LogP) is 4.03. The molecule has 0 atom stereocenters. The van der Waals surface area contributed by atoms with E-state index in [0.29, 0.717) is 28.7 Å². The zero-order valence-electron chi connectivity index (χ0n) is 14.9. The summed E-state index contributed by atoms with van der Waals surface area (Å²) in [6.45, 7) is 4.32. The Labute approximate surface area is 157 Å². The Morgan fingerprint density at radius 2 is 2.04 bits per heavy atom. The molecule has 3 rings (SSSR count). The number of para-hydroxylation sites is 1. The van der Waals surface area contributed by atoms with Crippen molar-refractivity contribution < 1.29 is 9.47 Å². The molecular weight excluding hydrogens is 348 g/mol. The van der Waals surface area contributed by atoms with Crippen LogP contribution in [-0.2, 0) is 6.61 Å². The van der Waals surface area contributed by atoms with Crippen LogP contribution < -0.4 is 9.47 Å². The van der Waals surface area contributed by atoms with E-state index in [9.17, 15) is 0 Å². The van der Waals surface area contributed by atoms with Crippen LogP contribution in [0.3, 0.4) is 0 Å². The van der Waals surface area contributed by atoms with Crippen molar-refractivity contribution >= 4 is 18.4 Å². The number of aryl methyl sites for hydroxylation is 2. The topological polar surface area (TPSA) is 64.4 Å². The van der Waals surface area contributed by atoms with Gasteiger partial charge in [-0.15, -0.1) is 0 Å². The van der Waals surface area contributed by atoms with E-state index >= 15 is 0 Å². The monoisotopic (exact) mass is 368 g/mol. The minimum atomic E-state index is 0.434. The summed E-state index contributed by atoms with van der Waals surface area (Å²) >= 11 is 5.17. The van der Waals surface area contributed by atoms with Crippen LogP contribution in [0.2, 0.25) is 0 Å². The van der Waals surface area contributed by atoms with Gasteiger partial charge >= 0.3 is 0 Å². The van der Waals surface area contributed by atoms with E-state index in [2.05, 4.69) is 34.4 Å². The van der Waals surface area contributed by atoms with Gasteiger partial charge in [0.15, 0.2) is 11.5 Å². The quantitative estimate of drug-likeness (QED) is 0.527. The van der Waals surface area contributed by atoms with Crippen LogP contribution in [0.1, 0.15) is 22.5 Å². The fourth-order valence-electron chi connectivity index (χ4n) is 2.53. The molecule has 0 unspecified atom stereocenters. The van der Waals surface area contributed by atoms with Gasteiger partial charge in [-0.3, -0.25) is 5.10 Å². The van der Waals surface area contributed by atoms with Crippen LogP contribution in [0, 0.1) is 18.6 Å². The Hall–Kier alpha value is -2.93. The smallest absolute Gasteiger partial charge is 0.216 e. The molecule has 134 valence electrons. The number of rotatable bonds is 6. The van der Waals surface area contributed by atoms with Crippen LogP contribution >= 0.6 is 12.2 Å². The number of H-pyrrole nitrogens is 1. The van der Waals surface area contributed by atoms with Gasteiger partial charge in [0.1, 0.15) is 12.4 Å². The van der Waals surface area contributed by atoms with E-state index in [0.717, 1.165) is 11.1 Å². The summed E-state index contributed by atoms with van der Waals surface area (Å²) in [6, 6.07) is 13.9. The highest BCUT2D eigenvalue weighted by Gasteiger charge is 2.10. The summed E-state index contributed by atoms with van der Waals surface area (Å²) in [6.07, 6.45) is 1.69. The lowest BCUT2D eigenvalue weighted by atomic mass is 10.1. The van der Waals surface area contributed by atoms with Crippen LogP contribution in [0.5, 0.6) is 11.5 Å². The SMILES string of the molecule is COc1cccc(/C=N/n2c(C)n[nH]c2=S)c1OCc1cccc(C)c1. The van der Waals surface area contributed by atoms with Gasteiger partial charge in [0.05, 0.1) is 13.3 Å². The standard InChI is InChI=1S/C19H20N4O2S/c1-13-6-4-7-15(10-13)12-25-18-16(8-5-9-17(18)24-3)11-20-23-14(2)21-22-19(23)26/h4-11H,12H2,1-3H3,(H,22,26)/b20-11+. The molecule has 0 bridgehead atoms. The van der Waals surface area contributed by atoms with Gasteiger partial charge < -0.3 is 9.47 Å². The van der Waals surface area contributed by atoms with Gasteiger partial charge in [-0.1, -0.05) is 35.9 Å². The van der Waals surface area contributed by atoms with Gasteiger partial charge in [0, 0.05) is 5.56 Å². The van der Waals surface area contributed by atoms with E-state index in [1.54, 1.807) is 18.0 Å². The van der Waals surface area contributed by atoms with Crippen molar-refractivity contribution in [2.75, 3.05) is 7.11 Å². The lowest BCUT2D eigenvalue weighted by Crippen LogP contribution is -2.02. The first-order valence-corrected chi connectivity index (χ1v) is 8.53. The Kier molecular flexibility index (Phi) is 5.48. The summed E-state index contributed by atoms with van der Waals surface area (Å²) in [5.74, 6) is 1.96. The fraction of sp³-hybridized carbons (Fsp3) is 0.211. The second-order valence-corrected chi connectivity index (χ2v) is 6.18. The Morgan fingerprint density at radius 1 is 1.23 bits per heavy atom. The number of nitrogens with zero attached hydrogens (tertiary/aromatic N) is 3. The van der Waals surface area contributed by atoms with Crippen LogP contribution in [0.4, 0.5) is 0 Å². The zero-order chi connectivity index (χ0) is 18.5. The number of nitrogens with one attached hydrogen (secondary N) is 1. The number of hydrogen-bond donors (Lipinski definition) is 1. The van der Waals surface area contributed by atoms with Gasteiger partial charge in [-0.2, -0.15) is 14.9 Å². The highest BCUT2D eigenvalue weighted by atomic mass is 32.1. The lowest BCUT2D eigenvalue weighted by Gasteiger charge is -2.13. The number of methoxy groups -OCH3 is 1. The molecule has 26 heavy (non-hydrogen) atoms. The third kappa shape index (κ3) is 4.00. The third-order valence-corrected chi connectivity index (χ3v) is 4.08. The molecule has 0 saturated carbocycles. The minimum absolute atomic E-state index is 0.434. The van der Waals surface area contributed by atoms with Gasteiger partial charge in [-0.05, 0) is 43.8 Å². The summed E-state index contributed by atoms with van der Waals surface area (Å²) in [5, 5.41) is 11.2. The predicted molar refractivity (Wildman–Crippen MR) is 104 cm³/mol. The first kappa shape index (κ1) is 17.9. The van der Waals surface area contributed by atoms with Crippen molar-refractivity contribution in [3.05, 3.63) is 69.8 Å². The van der Waals surface area contributed by atoms with Crippen molar-refractivity contribution in [3.8, 4) is 11.5 Å². The number of aromatic amines is 1. The Morgan fingerprint density at radius 3 is 2.73 bits per heavy atom. The zero-order valence-corrected chi connectivity index (χ0v) is 15.7. The van der Waals surface area contributed by atoms with Crippen molar-refractivity contribution in [1.29, 1.82) is 0 Å². The first-order chi connectivity index (χ1) is 12.6. The van der Waals surface area contributed by atoms with Gasteiger partial charge in [0.25, 0.3) is 0 Å². The highest BCUT2D eigenvalue weighted by molar-refractivity contribution is 7.71. The van der Waals surface area contributed by atoms with E-state index in [1.807, 2.05) is 37.3 Å². The summed E-state index contributed by atoms with van der Waals surface area (Å²) in [7, 11) is 1.62. The number of benzene rings is 2. The second-order valence-electron chi connectivity index (χ2n) is 5.79. The molecule has 7 heteroatoms. The molecule has 0 aliphatic carbocycles. The normalized spacial score (nSPS) is 11.0. The molecule has 0 amide bonds. The number of aromatic nitrogens is 3. The largest absolute Gasteiger partial charge is 0.493 e. The fourth-order valence-corrected chi connectivity index (χ4v) is 2.76. The van der Waals surface area contributed by atoms with E-state index in [4.69, 9.17) is 21.7 Å². The molecule has 3 aromatic rings. The molecule has 1 heterocycles. The first-order valence-electron chi connectivity index (χ1n) is 8.12. The molecule has 2 aromatic carbocycles. The second kappa shape index (κ2) is 7.97. The molecule has 6 nitrogen and oxygen atoms in total. The maximum absolute atomic E-state index is 6.06. The summed E-state index contributed by atoms with van der Waals surface area (Å²) in [5.41, 5.74) is 3.07. The Balaban J connectivity index is 1.90. The van der Waals surface area contributed by atoms with Crippen LogP contribution in [0.25, 0.3) is 0 Å². The molecule has 1 aromatic heterocycles.